The topological polar surface area (TPSA) is 29.9 Å². The molecule has 1 heterocycles. The fourth-order valence-corrected chi connectivity index (χ4v) is 2.98. The standard InChI is InChI=1S/C13H15BrIN3/c1-8-17-7-12(18(8)3)13(16-2)10-6-9(15)4-5-11(10)14/h4-7,13,16H,1-3H3. The molecule has 0 bridgehead atoms. The SMILES string of the molecule is CNC(c1cc(I)ccc1Br)c1cnc(C)n1C. The number of nitrogens with zero attached hydrogens (tertiary/aromatic N) is 2. The predicted octanol–water partition coefficient (Wildman–Crippen LogP) is 3.40. The first kappa shape index (κ1) is 14.0. The van der Waals surface area contributed by atoms with Crippen LogP contribution in [0.5, 0.6) is 0 Å². The number of halogens is 2. The van der Waals surface area contributed by atoms with Gasteiger partial charge in [0.1, 0.15) is 5.82 Å². The minimum Gasteiger partial charge on any atom is -0.334 e. The van der Waals surface area contributed by atoms with E-state index >= 15 is 0 Å². The molecule has 1 aromatic carbocycles. The molecule has 1 N–H and O–H groups in total. The second-order valence-corrected chi connectivity index (χ2v) is 6.28. The van der Waals surface area contributed by atoms with E-state index in [0.29, 0.717) is 0 Å². The Morgan fingerprint density at radius 1 is 1.44 bits per heavy atom. The normalized spacial score (nSPS) is 12.7. The summed E-state index contributed by atoms with van der Waals surface area (Å²) in [6.45, 7) is 2.01. The van der Waals surface area contributed by atoms with E-state index in [0.717, 1.165) is 16.0 Å². The first-order valence-corrected chi connectivity index (χ1v) is 7.52. The summed E-state index contributed by atoms with van der Waals surface area (Å²) in [6.07, 6.45) is 1.93. The van der Waals surface area contributed by atoms with Crippen LogP contribution >= 0.6 is 38.5 Å². The van der Waals surface area contributed by atoms with Crippen LogP contribution in [-0.2, 0) is 7.05 Å². The minimum atomic E-state index is 0.139. The average Bonchev–Trinajstić information content (AvgIpc) is 2.67. The number of aryl methyl sites for hydroxylation is 1. The summed E-state index contributed by atoms with van der Waals surface area (Å²) in [5.41, 5.74) is 2.39. The van der Waals surface area contributed by atoms with Crippen molar-refractivity contribution in [2.45, 2.75) is 13.0 Å². The molecule has 18 heavy (non-hydrogen) atoms. The van der Waals surface area contributed by atoms with Gasteiger partial charge in [-0.2, -0.15) is 0 Å². The Balaban J connectivity index is 2.51. The molecule has 96 valence electrons. The summed E-state index contributed by atoms with van der Waals surface area (Å²) < 4.78 is 4.46. The third-order valence-corrected chi connectivity index (χ3v) is 4.50. The van der Waals surface area contributed by atoms with E-state index in [9.17, 15) is 0 Å². The van der Waals surface area contributed by atoms with Crippen molar-refractivity contribution >= 4 is 38.5 Å². The summed E-state index contributed by atoms with van der Waals surface area (Å²) in [6, 6.07) is 6.51. The zero-order valence-corrected chi connectivity index (χ0v) is 14.3. The minimum absolute atomic E-state index is 0.139. The van der Waals surface area contributed by atoms with Gasteiger partial charge in [-0.05, 0) is 60.3 Å². The Bertz CT molecular complexity index is 565. The smallest absolute Gasteiger partial charge is 0.105 e. The van der Waals surface area contributed by atoms with Crippen molar-refractivity contribution in [1.82, 2.24) is 14.9 Å². The first-order valence-electron chi connectivity index (χ1n) is 5.65. The van der Waals surface area contributed by atoms with Gasteiger partial charge in [-0.25, -0.2) is 4.98 Å². The molecule has 0 radical (unpaired) electrons. The summed E-state index contributed by atoms with van der Waals surface area (Å²) in [5.74, 6) is 1.02. The molecule has 3 nitrogen and oxygen atoms in total. The van der Waals surface area contributed by atoms with Crippen LogP contribution in [-0.4, -0.2) is 16.6 Å². The molecule has 1 atom stereocenters. The van der Waals surface area contributed by atoms with E-state index in [4.69, 9.17) is 0 Å². The Hall–Kier alpha value is -0.400. The number of imidazole rings is 1. The monoisotopic (exact) mass is 419 g/mol. The lowest BCUT2D eigenvalue weighted by molar-refractivity contribution is 0.630. The summed E-state index contributed by atoms with van der Waals surface area (Å²) in [5, 5.41) is 3.36. The number of benzene rings is 1. The quantitative estimate of drug-likeness (QED) is 0.772. The van der Waals surface area contributed by atoms with Gasteiger partial charge in [0.2, 0.25) is 0 Å². The number of rotatable bonds is 3. The van der Waals surface area contributed by atoms with Crippen LogP contribution in [0, 0.1) is 10.5 Å². The summed E-state index contributed by atoms with van der Waals surface area (Å²) in [4.78, 5) is 4.37. The van der Waals surface area contributed by atoms with Gasteiger partial charge in [-0.15, -0.1) is 0 Å². The van der Waals surface area contributed by atoms with E-state index < -0.39 is 0 Å². The van der Waals surface area contributed by atoms with Crippen LogP contribution in [0.4, 0.5) is 0 Å². The fraction of sp³-hybridized carbons (Fsp3) is 0.308. The fourth-order valence-electron chi connectivity index (χ4n) is 1.99. The molecule has 2 aromatic rings. The van der Waals surface area contributed by atoms with Crippen molar-refractivity contribution in [3.05, 3.63) is 49.5 Å². The maximum absolute atomic E-state index is 4.37. The summed E-state index contributed by atoms with van der Waals surface area (Å²) in [7, 11) is 4.02. The lowest BCUT2D eigenvalue weighted by atomic mass is 10.0. The van der Waals surface area contributed by atoms with Crippen molar-refractivity contribution in [2.24, 2.45) is 7.05 Å². The molecular formula is C13H15BrIN3. The Morgan fingerprint density at radius 3 is 2.72 bits per heavy atom. The van der Waals surface area contributed by atoms with Crippen molar-refractivity contribution < 1.29 is 0 Å². The third kappa shape index (κ3) is 2.62. The third-order valence-electron chi connectivity index (χ3n) is 3.11. The van der Waals surface area contributed by atoms with Crippen LogP contribution in [0.3, 0.4) is 0 Å². The maximum atomic E-state index is 4.37. The van der Waals surface area contributed by atoms with Gasteiger partial charge in [-0.1, -0.05) is 15.9 Å². The van der Waals surface area contributed by atoms with E-state index in [1.807, 2.05) is 27.2 Å². The number of nitrogens with one attached hydrogen (secondary N) is 1. The molecular weight excluding hydrogens is 405 g/mol. The molecule has 0 aliphatic rings. The molecule has 0 aliphatic heterocycles. The van der Waals surface area contributed by atoms with Crippen LogP contribution in [0.25, 0.3) is 0 Å². The highest BCUT2D eigenvalue weighted by atomic mass is 127. The van der Waals surface area contributed by atoms with Gasteiger partial charge in [0.05, 0.1) is 17.9 Å². The molecule has 0 saturated heterocycles. The van der Waals surface area contributed by atoms with Crippen molar-refractivity contribution in [2.75, 3.05) is 7.05 Å². The Morgan fingerprint density at radius 2 is 2.17 bits per heavy atom. The van der Waals surface area contributed by atoms with Gasteiger partial charge in [-0.3, -0.25) is 0 Å². The lowest BCUT2D eigenvalue weighted by Gasteiger charge is -2.19. The molecule has 1 aromatic heterocycles. The molecule has 2 rings (SSSR count). The van der Waals surface area contributed by atoms with Gasteiger partial charge < -0.3 is 9.88 Å². The molecule has 0 amide bonds. The first-order chi connectivity index (χ1) is 8.54. The summed E-state index contributed by atoms with van der Waals surface area (Å²) >= 11 is 5.96. The van der Waals surface area contributed by atoms with Crippen molar-refractivity contribution in [1.29, 1.82) is 0 Å². The van der Waals surface area contributed by atoms with Gasteiger partial charge in [0, 0.05) is 15.1 Å². The van der Waals surface area contributed by atoms with Crippen LogP contribution in [0.2, 0.25) is 0 Å². The van der Waals surface area contributed by atoms with Crippen molar-refractivity contribution in [3.8, 4) is 0 Å². The Kier molecular flexibility index (Phi) is 4.45. The lowest BCUT2D eigenvalue weighted by Crippen LogP contribution is -2.21. The van der Waals surface area contributed by atoms with E-state index in [1.54, 1.807) is 0 Å². The largest absolute Gasteiger partial charge is 0.334 e. The molecule has 1 unspecified atom stereocenters. The number of aromatic nitrogens is 2. The van der Waals surface area contributed by atoms with Gasteiger partial charge in [0.15, 0.2) is 0 Å². The van der Waals surface area contributed by atoms with Gasteiger partial charge >= 0.3 is 0 Å². The van der Waals surface area contributed by atoms with Crippen molar-refractivity contribution in [3.63, 3.8) is 0 Å². The second-order valence-electron chi connectivity index (χ2n) is 4.18. The van der Waals surface area contributed by atoms with E-state index in [1.165, 1.54) is 9.13 Å². The molecule has 0 spiro atoms. The zero-order valence-electron chi connectivity index (χ0n) is 10.5. The Labute approximate surface area is 129 Å². The maximum Gasteiger partial charge on any atom is 0.105 e. The highest BCUT2D eigenvalue weighted by Gasteiger charge is 2.19. The van der Waals surface area contributed by atoms with Gasteiger partial charge in [0.25, 0.3) is 0 Å². The predicted molar refractivity (Wildman–Crippen MR) is 85.7 cm³/mol. The van der Waals surface area contributed by atoms with Crippen LogP contribution in [0.15, 0.2) is 28.9 Å². The zero-order chi connectivity index (χ0) is 13.3. The molecule has 0 fully saturated rings. The highest BCUT2D eigenvalue weighted by molar-refractivity contribution is 14.1. The molecule has 0 saturated carbocycles. The molecule has 0 aliphatic carbocycles. The highest BCUT2D eigenvalue weighted by Crippen LogP contribution is 2.29. The molecule has 5 heteroatoms. The van der Waals surface area contributed by atoms with Crippen LogP contribution < -0.4 is 5.32 Å². The van der Waals surface area contributed by atoms with E-state index in [-0.39, 0.29) is 6.04 Å². The van der Waals surface area contributed by atoms with E-state index in [2.05, 4.69) is 71.6 Å². The van der Waals surface area contributed by atoms with Crippen LogP contribution in [0.1, 0.15) is 23.1 Å². The number of hydrogen-bond donors (Lipinski definition) is 1. The second kappa shape index (κ2) is 5.71. The number of hydrogen-bond acceptors (Lipinski definition) is 2. The average molecular weight is 420 g/mol.